The molecule has 98 valence electrons. The van der Waals surface area contributed by atoms with Crippen LogP contribution < -0.4 is 5.73 Å². The van der Waals surface area contributed by atoms with Crippen molar-refractivity contribution in [3.63, 3.8) is 0 Å². The first kappa shape index (κ1) is 14.4. The second-order valence-corrected chi connectivity index (χ2v) is 5.12. The molecule has 0 aromatic rings. The summed E-state index contributed by atoms with van der Waals surface area (Å²) in [5.74, 6) is 0.0295. The number of piperidine rings is 1. The molecule has 4 nitrogen and oxygen atoms in total. The minimum Gasteiger partial charge on any atom is -0.393 e. The van der Waals surface area contributed by atoms with E-state index in [0.717, 1.165) is 0 Å². The van der Waals surface area contributed by atoms with Gasteiger partial charge in [-0.3, -0.25) is 4.79 Å². The lowest BCUT2D eigenvalue weighted by molar-refractivity contribution is -0.140. The number of carbonyl (C=O) groups is 1. The maximum Gasteiger partial charge on any atom is 0.235 e. The fourth-order valence-electron chi connectivity index (χ4n) is 2.38. The molecule has 1 saturated heterocycles. The van der Waals surface area contributed by atoms with Crippen molar-refractivity contribution in [2.75, 3.05) is 13.1 Å². The minimum atomic E-state index is -0.697. The fourth-order valence-corrected chi connectivity index (χ4v) is 2.75. The highest BCUT2D eigenvalue weighted by atomic mass is 32.1. The van der Waals surface area contributed by atoms with Crippen molar-refractivity contribution >= 4 is 23.1 Å². The topological polar surface area (TPSA) is 66.6 Å². The number of aliphatic hydroxyl groups excluding tert-OH is 1. The number of likely N-dealkylation sites (tertiary alicyclic amines) is 1. The van der Waals surface area contributed by atoms with Gasteiger partial charge in [0.2, 0.25) is 5.91 Å². The molecule has 1 heterocycles. The first-order valence-electron chi connectivity index (χ1n) is 6.25. The zero-order valence-electron chi connectivity index (χ0n) is 10.6. The Morgan fingerprint density at radius 1 is 1.41 bits per heavy atom. The van der Waals surface area contributed by atoms with Crippen molar-refractivity contribution in [1.29, 1.82) is 0 Å². The number of hydrogen-bond acceptors (Lipinski definition) is 3. The number of carbonyl (C=O) groups excluding carboxylic acids is 1. The highest BCUT2D eigenvalue weighted by molar-refractivity contribution is 7.80. The maximum atomic E-state index is 12.5. The Balaban J connectivity index is 2.82. The van der Waals surface area contributed by atoms with Crippen LogP contribution >= 0.6 is 12.2 Å². The van der Waals surface area contributed by atoms with Crippen LogP contribution in [0.2, 0.25) is 0 Å². The van der Waals surface area contributed by atoms with E-state index in [4.69, 9.17) is 18.0 Å². The number of nitrogens with zero attached hydrogens (tertiary/aromatic N) is 1. The number of rotatable bonds is 4. The average Bonchev–Trinajstić information content (AvgIpc) is 2.31. The first-order chi connectivity index (χ1) is 7.97. The van der Waals surface area contributed by atoms with Gasteiger partial charge in [-0.2, -0.15) is 0 Å². The van der Waals surface area contributed by atoms with Crippen LogP contribution in [0.3, 0.4) is 0 Å². The van der Waals surface area contributed by atoms with E-state index in [1.807, 2.05) is 13.8 Å². The van der Waals surface area contributed by atoms with Gasteiger partial charge in [0.1, 0.15) is 0 Å². The van der Waals surface area contributed by atoms with Gasteiger partial charge in [-0.1, -0.05) is 26.1 Å². The molecule has 17 heavy (non-hydrogen) atoms. The van der Waals surface area contributed by atoms with Gasteiger partial charge in [0, 0.05) is 13.1 Å². The van der Waals surface area contributed by atoms with Gasteiger partial charge >= 0.3 is 0 Å². The molecule has 1 amide bonds. The summed E-state index contributed by atoms with van der Waals surface area (Å²) in [6.45, 7) is 5.09. The molecule has 1 rings (SSSR count). The molecule has 0 bridgehead atoms. The van der Waals surface area contributed by atoms with Crippen LogP contribution in [0.1, 0.15) is 39.5 Å². The Bertz CT molecular complexity index is 295. The van der Waals surface area contributed by atoms with Crippen molar-refractivity contribution in [2.24, 2.45) is 11.1 Å². The molecule has 0 radical (unpaired) electrons. The third kappa shape index (κ3) is 2.77. The molecule has 0 aliphatic carbocycles. The molecule has 0 saturated carbocycles. The number of aliphatic hydroxyl groups is 1. The van der Waals surface area contributed by atoms with Crippen LogP contribution in [0.4, 0.5) is 0 Å². The Morgan fingerprint density at radius 3 is 2.24 bits per heavy atom. The first-order valence-corrected chi connectivity index (χ1v) is 6.66. The maximum absolute atomic E-state index is 12.5. The van der Waals surface area contributed by atoms with E-state index in [0.29, 0.717) is 43.8 Å². The molecular formula is C12H22N2O2S. The normalized spacial score (nSPS) is 18.2. The second-order valence-electron chi connectivity index (χ2n) is 4.68. The summed E-state index contributed by atoms with van der Waals surface area (Å²) >= 11 is 5.08. The number of nitrogens with two attached hydrogens (primary N) is 1. The standard InChI is InChI=1S/C12H22N2O2S/c1-3-12(4-2,10(13)17)11(16)14-7-5-9(15)6-8-14/h9,15H,3-8H2,1-2H3,(H2,13,17). The highest BCUT2D eigenvalue weighted by Crippen LogP contribution is 2.30. The molecule has 1 aliphatic heterocycles. The minimum absolute atomic E-state index is 0.0295. The molecule has 0 atom stereocenters. The Hall–Kier alpha value is -0.680. The summed E-state index contributed by atoms with van der Waals surface area (Å²) < 4.78 is 0. The van der Waals surface area contributed by atoms with Crippen LogP contribution in [0.5, 0.6) is 0 Å². The van der Waals surface area contributed by atoms with Gasteiger partial charge < -0.3 is 15.7 Å². The third-order valence-electron chi connectivity index (χ3n) is 3.84. The Morgan fingerprint density at radius 2 is 1.88 bits per heavy atom. The van der Waals surface area contributed by atoms with Gasteiger partial charge in [-0.25, -0.2) is 0 Å². The van der Waals surface area contributed by atoms with Crippen LogP contribution in [-0.4, -0.2) is 40.1 Å². The largest absolute Gasteiger partial charge is 0.393 e. The molecule has 0 aromatic carbocycles. The van der Waals surface area contributed by atoms with E-state index in [1.165, 1.54) is 0 Å². The van der Waals surface area contributed by atoms with Crippen LogP contribution in [0, 0.1) is 5.41 Å². The number of hydrogen-bond donors (Lipinski definition) is 2. The zero-order valence-corrected chi connectivity index (χ0v) is 11.4. The monoisotopic (exact) mass is 258 g/mol. The third-order valence-corrected chi connectivity index (χ3v) is 4.23. The predicted octanol–water partition coefficient (Wildman–Crippen LogP) is 1.06. The van der Waals surface area contributed by atoms with Crippen LogP contribution in [0.25, 0.3) is 0 Å². The van der Waals surface area contributed by atoms with Crippen LogP contribution in [-0.2, 0) is 4.79 Å². The van der Waals surface area contributed by atoms with E-state index >= 15 is 0 Å². The predicted molar refractivity (Wildman–Crippen MR) is 71.6 cm³/mol. The average molecular weight is 258 g/mol. The smallest absolute Gasteiger partial charge is 0.235 e. The number of thiocarbonyl (C=S) groups is 1. The van der Waals surface area contributed by atoms with Crippen molar-refractivity contribution in [1.82, 2.24) is 4.90 Å². The molecule has 1 aliphatic rings. The molecule has 3 N–H and O–H groups in total. The summed E-state index contributed by atoms with van der Waals surface area (Å²) in [4.78, 5) is 14.6. The van der Waals surface area contributed by atoms with Crippen LogP contribution in [0.15, 0.2) is 0 Å². The van der Waals surface area contributed by atoms with E-state index < -0.39 is 5.41 Å². The molecule has 0 unspecified atom stereocenters. The quantitative estimate of drug-likeness (QED) is 0.740. The van der Waals surface area contributed by atoms with Gasteiger partial charge in [-0.05, 0) is 25.7 Å². The zero-order chi connectivity index (χ0) is 13.1. The summed E-state index contributed by atoms with van der Waals surface area (Å²) in [5, 5.41) is 9.45. The molecular weight excluding hydrogens is 236 g/mol. The van der Waals surface area contributed by atoms with Gasteiger partial charge in [0.25, 0.3) is 0 Å². The molecule has 0 aromatic heterocycles. The lowest BCUT2D eigenvalue weighted by atomic mass is 9.80. The Labute approximate surface area is 108 Å². The van der Waals surface area contributed by atoms with Crippen molar-refractivity contribution < 1.29 is 9.90 Å². The summed E-state index contributed by atoms with van der Waals surface area (Å²) in [7, 11) is 0. The van der Waals surface area contributed by atoms with Gasteiger partial charge in [0.05, 0.1) is 16.5 Å². The molecule has 0 spiro atoms. The van der Waals surface area contributed by atoms with Gasteiger partial charge in [-0.15, -0.1) is 0 Å². The van der Waals surface area contributed by atoms with E-state index in [2.05, 4.69) is 0 Å². The lowest BCUT2D eigenvalue weighted by Crippen LogP contribution is -2.52. The van der Waals surface area contributed by atoms with E-state index in [-0.39, 0.29) is 12.0 Å². The SMILES string of the molecule is CCC(CC)(C(=O)N1CCC(O)CC1)C(N)=S. The second kappa shape index (κ2) is 5.78. The van der Waals surface area contributed by atoms with E-state index in [1.54, 1.807) is 4.90 Å². The molecule has 5 heteroatoms. The fraction of sp³-hybridized carbons (Fsp3) is 0.833. The number of amides is 1. The molecule has 1 fully saturated rings. The van der Waals surface area contributed by atoms with E-state index in [9.17, 15) is 9.90 Å². The van der Waals surface area contributed by atoms with Crippen molar-refractivity contribution in [3.8, 4) is 0 Å². The van der Waals surface area contributed by atoms with Gasteiger partial charge in [0.15, 0.2) is 0 Å². The lowest BCUT2D eigenvalue weighted by Gasteiger charge is -2.38. The summed E-state index contributed by atoms with van der Waals surface area (Å²) in [5.41, 5.74) is 5.07. The summed E-state index contributed by atoms with van der Waals surface area (Å²) in [6, 6.07) is 0. The van der Waals surface area contributed by atoms with Crippen molar-refractivity contribution in [3.05, 3.63) is 0 Å². The summed E-state index contributed by atoms with van der Waals surface area (Å²) in [6.07, 6.45) is 2.29. The Kier molecular flexibility index (Phi) is 4.89. The van der Waals surface area contributed by atoms with Crippen molar-refractivity contribution in [2.45, 2.75) is 45.6 Å². The highest BCUT2D eigenvalue weighted by Gasteiger charge is 2.41.